The van der Waals surface area contributed by atoms with Gasteiger partial charge in [-0.1, -0.05) is 6.92 Å². The van der Waals surface area contributed by atoms with Gasteiger partial charge in [0.15, 0.2) is 0 Å². The second kappa shape index (κ2) is 6.61. The quantitative estimate of drug-likeness (QED) is 0.627. The van der Waals surface area contributed by atoms with Crippen LogP contribution in [0, 0.1) is 5.92 Å². The molecule has 0 aliphatic rings. The van der Waals surface area contributed by atoms with Crippen LogP contribution >= 0.6 is 0 Å². The highest BCUT2D eigenvalue weighted by atomic mass is 16.2. The number of carbonyl (C=O) groups is 2. The van der Waals surface area contributed by atoms with E-state index in [1.165, 1.54) is 0 Å². The Bertz CT molecular complexity index is 417. The van der Waals surface area contributed by atoms with Gasteiger partial charge < -0.3 is 21.7 Å². The molecule has 1 atom stereocenters. The number of anilines is 2. The van der Waals surface area contributed by atoms with Crippen molar-refractivity contribution >= 4 is 23.3 Å². The molecule has 0 aromatic heterocycles. The fraction of sp³-hybridized carbons (Fsp3) is 0.333. The van der Waals surface area contributed by atoms with Gasteiger partial charge in [0.1, 0.15) is 0 Å². The van der Waals surface area contributed by atoms with Gasteiger partial charge in [-0.25, -0.2) is 4.79 Å². The molecule has 0 bridgehead atoms. The standard InChI is InChI=1S/C12H18N4O2/c1-8(7-14-2)11(17)15-9-3-5-10(6-4-9)16-12(13)18/h3-6,8,14H,7H2,1-2H3,(H,15,17)(H3,13,16,18). The first kappa shape index (κ1) is 14.0. The van der Waals surface area contributed by atoms with Crippen LogP contribution in [0.1, 0.15) is 6.92 Å². The first-order valence-electron chi connectivity index (χ1n) is 5.65. The molecule has 1 rings (SSSR count). The van der Waals surface area contributed by atoms with E-state index in [-0.39, 0.29) is 11.8 Å². The third-order valence-corrected chi connectivity index (χ3v) is 2.38. The Morgan fingerprint density at radius 2 is 1.67 bits per heavy atom. The van der Waals surface area contributed by atoms with Crippen molar-refractivity contribution in [3.8, 4) is 0 Å². The summed E-state index contributed by atoms with van der Waals surface area (Å²) in [5.41, 5.74) is 6.26. The monoisotopic (exact) mass is 250 g/mol. The van der Waals surface area contributed by atoms with Gasteiger partial charge in [0.05, 0.1) is 0 Å². The van der Waals surface area contributed by atoms with Crippen LogP contribution in [0.15, 0.2) is 24.3 Å². The molecule has 0 radical (unpaired) electrons. The number of amides is 3. The lowest BCUT2D eigenvalue weighted by Crippen LogP contribution is -2.28. The smallest absolute Gasteiger partial charge is 0.316 e. The fourth-order valence-electron chi connectivity index (χ4n) is 1.44. The van der Waals surface area contributed by atoms with Crippen LogP contribution in [0.4, 0.5) is 16.2 Å². The second-order valence-corrected chi connectivity index (χ2v) is 4.01. The Kier molecular flexibility index (Phi) is 5.13. The van der Waals surface area contributed by atoms with Crippen LogP contribution in [0.25, 0.3) is 0 Å². The third kappa shape index (κ3) is 4.42. The molecule has 3 amide bonds. The van der Waals surface area contributed by atoms with E-state index in [4.69, 9.17) is 5.73 Å². The number of benzene rings is 1. The molecule has 1 aromatic carbocycles. The second-order valence-electron chi connectivity index (χ2n) is 4.01. The van der Waals surface area contributed by atoms with Gasteiger partial charge in [-0.2, -0.15) is 0 Å². The maximum atomic E-state index is 11.7. The van der Waals surface area contributed by atoms with E-state index in [9.17, 15) is 9.59 Å². The maximum absolute atomic E-state index is 11.7. The van der Waals surface area contributed by atoms with Crippen molar-refractivity contribution in [3.63, 3.8) is 0 Å². The summed E-state index contributed by atoms with van der Waals surface area (Å²) in [5.74, 6) is -0.168. The number of carbonyl (C=O) groups excluding carboxylic acids is 2. The van der Waals surface area contributed by atoms with Crippen molar-refractivity contribution in [2.24, 2.45) is 11.7 Å². The zero-order valence-electron chi connectivity index (χ0n) is 10.5. The molecular formula is C12H18N4O2. The SMILES string of the molecule is CNCC(C)C(=O)Nc1ccc(NC(N)=O)cc1. The number of urea groups is 1. The van der Waals surface area contributed by atoms with Crippen LogP contribution in [0.5, 0.6) is 0 Å². The van der Waals surface area contributed by atoms with Crippen LogP contribution in [-0.2, 0) is 4.79 Å². The van der Waals surface area contributed by atoms with Crippen LogP contribution in [0.2, 0.25) is 0 Å². The molecule has 6 heteroatoms. The molecule has 18 heavy (non-hydrogen) atoms. The Balaban J connectivity index is 2.58. The molecule has 5 N–H and O–H groups in total. The van der Waals surface area contributed by atoms with E-state index in [1.807, 2.05) is 6.92 Å². The van der Waals surface area contributed by atoms with Gasteiger partial charge in [0.25, 0.3) is 0 Å². The Morgan fingerprint density at radius 3 is 2.11 bits per heavy atom. The number of primary amides is 1. The molecule has 0 fully saturated rings. The summed E-state index contributed by atoms with van der Waals surface area (Å²) in [4.78, 5) is 22.4. The van der Waals surface area contributed by atoms with Crippen molar-refractivity contribution in [2.45, 2.75) is 6.92 Å². The number of hydrogen-bond donors (Lipinski definition) is 4. The lowest BCUT2D eigenvalue weighted by atomic mass is 10.1. The molecule has 1 aromatic rings. The average molecular weight is 250 g/mol. The Labute approximate surface area is 106 Å². The van der Waals surface area contributed by atoms with Gasteiger partial charge in [-0.05, 0) is 31.3 Å². The molecule has 0 saturated heterocycles. The number of hydrogen-bond acceptors (Lipinski definition) is 3. The Morgan fingerprint density at radius 1 is 1.17 bits per heavy atom. The van der Waals surface area contributed by atoms with Gasteiger partial charge in [0.2, 0.25) is 5.91 Å². The zero-order chi connectivity index (χ0) is 13.5. The van der Waals surface area contributed by atoms with Crippen molar-refractivity contribution in [3.05, 3.63) is 24.3 Å². The predicted octanol–water partition coefficient (Wildman–Crippen LogP) is 0.971. The van der Waals surface area contributed by atoms with Crippen molar-refractivity contribution in [1.29, 1.82) is 0 Å². The summed E-state index contributed by atoms with van der Waals surface area (Å²) < 4.78 is 0. The molecule has 0 heterocycles. The number of rotatable bonds is 5. The van der Waals surface area contributed by atoms with Crippen molar-refractivity contribution in [1.82, 2.24) is 5.32 Å². The zero-order valence-corrected chi connectivity index (χ0v) is 10.5. The first-order chi connectivity index (χ1) is 8.52. The number of nitrogens with one attached hydrogen (secondary N) is 3. The summed E-state index contributed by atoms with van der Waals surface area (Å²) >= 11 is 0. The van der Waals surface area contributed by atoms with E-state index in [0.29, 0.717) is 17.9 Å². The highest BCUT2D eigenvalue weighted by Crippen LogP contribution is 2.14. The summed E-state index contributed by atoms with van der Waals surface area (Å²) in [7, 11) is 1.80. The van der Waals surface area contributed by atoms with E-state index in [0.717, 1.165) is 0 Å². The van der Waals surface area contributed by atoms with Gasteiger partial charge in [-0.3, -0.25) is 4.79 Å². The van der Waals surface area contributed by atoms with Crippen LogP contribution < -0.4 is 21.7 Å². The Hall–Kier alpha value is -2.08. The van der Waals surface area contributed by atoms with Gasteiger partial charge in [-0.15, -0.1) is 0 Å². The minimum atomic E-state index is -0.616. The van der Waals surface area contributed by atoms with Crippen LogP contribution in [0.3, 0.4) is 0 Å². The average Bonchev–Trinajstić information content (AvgIpc) is 2.31. The molecule has 0 aliphatic heterocycles. The summed E-state index contributed by atoms with van der Waals surface area (Å²) in [5, 5.41) is 8.17. The topological polar surface area (TPSA) is 96.2 Å². The van der Waals surface area contributed by atoms with Crippen molar-refractivity contribution in [2.75, 3.05) is 24.2 Å². The highest BCUT2D eigenvalue weighted by molar-refractivity contribution is 5.93. The minimum absolute atomic E-state index is 0.0556. The number of nitrogens with two attached hydrogens (primary N) is 1. The normalized spacial score (nSPS) is 11.7. The van der Waals surface area contributed by atoms with E-state index < -0.39 is 6.03 Å². The van der Waals surface area contributed by atoms with E-state index in [1.54, 1.807) is 31.3 Å². The van der Waals surface area contributed by atoms with Gasteiger partial charge in [0, 0.05) is 23.8 Å². The molecule has 0 aliphatic carbocycles. The summed E-state index contributed by atoms with van der Waals surface area (Å²) in [6, 6.07) is 6.13. The molecule has 6 nitrogen and oxygen atoms in total. The molecular weight excluding hydrogens is 232 g/mol. The molecule has 1 unspecified atom stereocenters. The minimum Gasteiger partial charge on any atom is -0.351 e. The summed E-state index contributed by atoms with van der Waals surface area (Å²) in [6.45, 7) is 2.46. The van der Waals surface area contributed by atoms with Crippen molar-refractivity contribution < 1.29 is 9.59 Å². The highest BCUT2D eigenvalue weighted by Gasteiger charge is 2.11. The largest absolute Gasteiger partial charge is 0.351 e. The lowest BCUT2D eigenvalue weighted by molar-refractivity contribution is -0.119. The lowest BCUT2D eigenvalue weighted by Gasteiger charge is -2.11. The van der Waals surface area contributed by atoms with E-state index in [2.05, 4.69) is 16.0 Å². The first-order valence-corrected chi connectivity index (χ1v) is 5.65. The predicted molar refractivity (Wildman–Crippen MR) is 71.4 cm³/mol. The fourth-order valence-corrected chi connectivity index (χ4v) is 1.44. The van der Waals surface area contributed by atoms with Gasteiger partial charge >= 0.3 is 6.03 Å². The molecule has 0 spiro atoms. The summed E-state index contributed by atoms with van der Waals surface area (Å²) in [6.07, 6.45) is 0. The van der Waals surface area contributed by atoms with E-state index >= 15 is 0 Å². The van der Waals surface area contributed by atoms with Crippen LogP contribution in [-0.4, -0.2) is 25.5 Å². The molecule has 98 valence electrons. The third-order valence-electron chi connectivity index (χ3n) is 2.38. The molecule has 0 saturated carbocycles. The maximum Gasteiger partial charge on any atom is 0.316 e.